The molecule has 8 nitrogen and oxygen atoms in total. The summed E-state index contributed by atoms with van der Waals surface area (Å²) in [4.78, 5) is 17.1. The molecular weight excluding hydrogens is 433 g/mol. The summed E-state index contributed by atoms with van der Waals surface area (Å²) in [6.07, 6.45) is 1.11. The molecule has 0 bridgehead atoms. The Labute approximate surface area is 186 Å². The number of aromatic nitrogens is 2. The standard InChI is InChI=1S/C22H24FN5O3S/c1-16-15-21(28(24-16)20-7-3-17(23)4-8-20)22(29)27-13-11-26(12-14-27)19-9-5-18(6-10-19)25-32(2,30)31/h3-10,15,25H,11-14H2,1-2H3. The highest BCUT2D eigenvalue weighted by atomic mass is 32.2. The van der Waals surface area contributed by atoms with E-state index in [0.29, 0.717) is 48.9 Å². The predicted octanol–water partition coefficient (Wildman–Crippen LogP) is 2.65. The number of rotatable bonds is 5. The zero-order valence-electron chi connectivity index (χ0n) is 17.8. The van der Waals surface area contributed by atoms with Crippen LogP contribution in [-0.2, 0) is 10.0 Å². The highest BCUT2D eigenvalue weighted by Gasteiger charge is 2.25. The molecule has 1 N–H and O–H groups in total. The second-order valence-electron chi connectivity index (χ2n) is 7.76. The number of carbonyl (C=O) groups is 1. The lowest BCUT2D eigenvalue weighted by Gasteiger charge is -2.36. The lowest BCUT2D eigenvalue weighted by Crippen LogP contribution is -2.49. The molecule has 1 saturated heterocycles. The maximum atomic E-state index is 13.3. The van der Waals surface area contributed by atoms with Crippen LogP contribution >= 0.6 is 0 Å². The summed E-state index contributed by atoms with van der Waals surface area (Å²) in [6.45, 7) is 4.19. The van der Waals surface area contributed by atoms with Crippen molar-refractivity contribution in [2.45, 2.75) is 6.92 Å². The first-order chi connectivity index (χ1) is 15.2. The van der Waals surface area contributed by atoms with Crippen LogP contribution in [0.15, 0.2) is 54.6 Å². The number of sulfonamides is 1. The van der Waals surface area contributed by atoms with E-state index in [1.54, 1.807) is 39.9 Å². The van der Waals surface area contributed by atoms with Gasteiger partial charge in [-0.2, -0.15) is 5.10 Å². The monoisotopic (exact) mass is 457 g/mol. The Kier molecular flexibility index (Phi) is 5.88. The van der Waals surface area contributed by atoms with Crippen LogP contribution in [0, 0.1) is 12.7 Å². The molecule has 0 radical (unpaired) electrons. The van der Waals surface area contributed by atoms with Crippen LogP contribution in [0.25, 0.3) is 5.69 Å². The van der Waals surface area contributed by atoms with Crippen molar-refractivity contribution in [3.8, 4) is 5.69 Å². The lowest BCUT2D eigenvalue weighted by atomic mass is 10.2. The van der Waals surface area contributed by atoms with E-state index in [2.05, 4.69) is 14.7 Å². The first-order valence-electron chi connectivity index (χ1n) is 10.1. The summed E-state index contributed by atoms with van der Waals surface area (Å²) in [6, 6.07) is 14.8. The summed E-state index contributed by atoms with van der Waals surface area (Å²) in [7, 11) is -3.32. The first kappa shape index (κ1) is 21.8. The van der Waals surface area contributed by atoms with E-state index in [-0.39, 0.29) is 11.7 Å². The van der Waals surface area contributed by atoms with Gasteiger partial charge in [0, 0.05) is 37.6 Å². The van der Waals surface area contributed by atoms with Crippen LogP contribution in [0.2, 0.25) is 0 Å². The lowest BCUT2D eigenvalue weighted by molar-refractivity contribution is 0.0737. The summed E-state index contributed by atoms with van der Waals surface area (Å²) >= 11 is 0. The predicted molar refractivity (Wildman–Crippen MR) is 121 cm³/mol. The van der Waals surface area contributed by atoms with Gasteiger partial charge in [0.25, 0.3) is 5.91 Å². The maximum Gasteiger partial charge on any atom is 0.272 e. The average molecular weight is 458 g/mol. The molecule has 1 aliphatic heterocycles. The highest BCUT2D eigenvalue weighted by molar-refractivity contribution is 7.92. The third kappa shape index (κ3) is 4.91. The molecule has 10 heteroatoms. The van der Waals surface area contributed by atoms with Gasteiger partial charge >= 0.3 is 0 Å². The van der Waals surface area contributed by atoms with Gasteiger partial charge in [0.15, 0.2) is 0 Å². The Balaban J connectivity index is 1.44. The molecule has 0 spiro atoms. The van der Waals surface area contributed by atoms with Gasteiger partial charge in [-0.1, -0.05) is 0 Å². The minimum Gasteiger partial charge on any atom is -0.368 e. The van der Waals surface area contributed by atoms with E-state index in [1.807, 2.05) is 19.1 Å². The van der Waals surface area contributed by atoms with Gasteiger partial charge in [0.2, 0.25) is 10.0 Å². The Morgan fingerprint density at radius 3 is 2.16 bits per heavy atom. The van der Waals surface area contributed by atoms with Gasteiger partial charge in [-0.05, 0) is 61.5 Å². The van der Waals surface area contributed by atoms with E-state index in [9.17, 15) is 17.6 Å². The smallest absolute Gasteiger partial charge is 0.272 e. The van der Waals surface area contributed by atoms with Crippen LogP contribution in [0.1, 0.15) is 16.2 Å². The molecule has 0 unspecified atom stereocenters. The van der Waals surface area contributed by atoms with Gasteiger partial charge in [0.05, 0.1) is 17.6 Å². The molecular formula is C22H24FN5O3S. The van der Waals surface area contributed by atoms with Gasteiger partial charge in [-0.25, -0.2) is 17.5 Å². The van der Waals surface area contributed by atoms with Gasteiger partial charge < -0.3 is 9.80 Å². The van der Waals surface area contributed by atoms with Crippen molar-refractivity contribution in [2.75, 3.05) is 42.1 Å². The molecule has 1 aromatic heterocycles. The van der Waals surface area contributed by atoms with Crippen molar-refractivity contribution in [3.05, 3.63) is 71.8 Å². The number of amides is 1. The Morgan fingerprint density at radius 2 is 1.56 bits per heavy atom. The molecule has 2 heterocycles. The van der Waals surface area contributed by atoms with E-state index in [1.165, 1.54) is 12.1 Å². The number of nitrogens with zero attached hydrogens (tertiary/aromatic N) is 4. The van der Waals surface area contributed by atoms with Gasteiger partial charge in [0.1, 0.15) is 11.5 Å². The van der Waals surface area contributed by atoms with E-state index in [4.69, 9.17) is 0 Å². The van der Waals surface area contributed by atoms with Gasteiger partial charge in [-0.3, -0.25) is 9.52 Å². The summed E-state index contributed by atoms with van der Waals surface area (Å²) in [5.74, 6) is -0.468. The molecule has 0 aliphatic carbocycles. The van der Waals surface area contributed by atoms with Crippen molar-refractivity contribution in [1.29, 1.82) is 0 Å². The summed E-state index contributed by atoms with van der Waals surface area (Å²) in [5.41, 5.74) is 3.25. The largest absolute Gasteiger partial charge is 0.368 e. The van der Waals surface area contributed by atoms with E-state index >= 15 is 0 Å². The van der Waals surface area contributed by atoms with Crippen molar-refractivity contribution in [3.63, 3.8) is 0 Å². The van der Waals surface area contributed by atoms with Crippen molar-refractivity contribution >= 4 is 27.3 Å². The highest BCUT2D eigenvalue weighted by Crippen LogP contribution is 2.21. The molecule has 168 valence electrons. The number of aryl methyl sites for hydroxylation is 1. The van der Waals surface area contributed by atoms with Crippen molar-refractivity contribution in [2.24, 2.45) is 0 Å². The number of hydrogen-bond acceptors (Lipinski definition) is 5. The van der Waals surface area contributed by atoms with Crippen LogP contribution in [0.3, 0.4) is 0 Å². The van der Waals surface area contributed by atoms with Crippen LogP contribution in [0.4, 0.5) is 15.8 Å². The second-order valence-corrected chi connectivity index (χ2v) is 9.51. The fourth-order valence-corrected chi connectivity index (χ4v) is 4.28. The molecule has 1 aliphatic rings. The topological polar surface area (TPSA) is 87.5 Å². The zero-order valence-corrected chi connectivity index (χ0v) is 18.6. The van der Waals surface area contributed by atoms with E-state index in [0.717, 1.165) is 11.9 Å². The van der Waals surface area contributed by atoms with Crippen LogP contribution < -0.4 is 9.62 Å². The number of carbonyl (C=O) groups excluding carboxylic acids is 1. The third-order valence-corrected chi connectivity index (χ3v) is 5.83. The molecule has 32 heavy (non-hydrogen) atoms. The van der Waals surface area contributed by atoms with E-state index < -0.39 is 10.0 Å². The Morgan fingerprint density at radius 1 is 0.969 bits per heavy atom. The minimum absolute atomic E-state index is 0.123. The molecule has 4 rings (SSSR count). The number of nitrogens with one attached hydrogen (secondary N) is 1. The van der Waals surface area contributed by atoms with Crippen LogP contribution in [-0.4, -0.2) is 61.4 Å². The number of benzene rings is 2. The molecule has 0 atom stereocenters. The second kappa shape index (κ2) is 8.62. The number of hydrogen-bond donors (Lipinski definition) is 1. The fourth-order valence-electron chi connectivity index (χ4n) is 3.72. The van der Waals surface area contributed by atoms with Crippen molar-refractivity contribution < 1.29 is 17.6 Å². The van der Waals surface area contributed by atoms with Crippen molar-refractivity contribution in [1.82, 2.24) is 14.7 Å². The maximum absolute atomic E-state index is 13.3. The molecule has 1 fully saturated rings. The average Bonchev–Trinajstić information content (AvgIpc) is 3.15. The Hall–Kier alpha value is -3.40. The normalized spacial score (nSPS) is 14.5. The zero-order chi connectivity index (χ0) is 22.9. The third-order valence-electron chi connectivity index (χ3n) is 5.22. The quantitative estimate of drug-likeness (QED) is 0.637. The number of halogens is 1. The van der Waals surface area contributed by atoms with Gasteiger partial charge in [-0.15, -0.1) is 0 Å². The summed E-state index contributed by atoms with van der Waals surface area (Å²) < 4.78 is 40.0. The summed E-state index contributed by atoms with van der Waals surface area (Å²) in [5, 5.41) is 4.41. The first-order valence-corrected chi connectivity index (χ1v) is 12.0. The minimum atomic E-state index is -3.32. The van der Waals surface area contributed by atoms with Crippen LogP contribution in [0.5, 0.6) is 0 Å². The molecule has 3 aromatic rings. The molecule has 0 saturated carbocycles. The SMILES string of the molecule is Cc1cc(C(=O)N2CCN(c3ccc(NS(C)(=O)=O)cc3)CC2)n(-c2ccc(F)cc2)n1. The molecule has 1 amide bonds. The molecule has 2 aromatic carbocycles. The number of piperazine rings is 1. The number of anilines is 2. The fraction of sp³-hybridized carbons (Fsp3) is 0.273. The Bertz CT molecular complexity index is 1220.